The molecule has 6 heteroatoms. The van der Waals surface area contributed by atoms with E-state index in [0.717, 1.165) is 13.0 Å². The van der Waals surface area contributed by atoms with E-state index >= 15 is 0 Å². The minimum atomic E-state index is -0.273. The van der Waals surface area contributed by atoms with E-state index in [2.05, 4.69) is 34.3 Å². The second-order valence-electron chi connectivity index (χ2n) is 7.18. The average molecular weight is 389 g/mol. The number of para-hydroxylation sites is 1. The van der Waals surface area contributed by atoms with Gasteiger partial charge in [0.2, 0.25) is 5.91 Å². The van der Waals surface area contributed by atoms with Crippen molar-refractivity contribution in [3.05, 3.63) is 71.9 Å². The Morgan fingerprint density at radius 3 is 2.28 bits per heavy atom. The van der Waals surface area contributed by atoms with Gasteiger partial charge < -0.3 is 9.88 Å². The molecule has 0 unspecified atom stereocenters. The van der Waals surface area contributed by atoms with Gasteiger partial charge in [0.1, 0.15) is 0 Å². The molecule has 2 heterocycles. The zero-order valence-corrected chi connectivity index (χ0v) is 16.1. The van der Waals surface area contributed by atoms with Crippen LogP contribution in [0.3, 0.4) is 0 Å². The van der Waals surface area contributed by atoms with E-state index < -0.39 is 0 Å². The number of carbonyl (C=O) groups is 3. The molecule has 0 saturated heterocycles. The van der Waals surface area contributed by atoms with Gasteiger partial charge in [0.05, 0.1) is 11.1 Å². The molecule has 0 saturated carbocycles. The van der Waals surface area contributed by atoms with Crippen LogP contribution in [0.25, 0.3) is 10.9 Å². The molecule has 1 aromatic heterocycles. The predicted molar refractivity (Wildman–Crippen MR) is 111 cm³/mol. The number of carbonyl (C=O) groups excluding carboxylic acids is 3. The van der Waals surface area contributed by atoms with E-state index in [1.165, 1.54) is 15.8 Å². The number of nitrogens with zero attached hydrogens (tertiary/aromatic N) is 2. The second kappa shape index (κ2) is 8.31. The number of aryl methyl sites for hydroxylation is 1. The highest BCUT2D eigenvalue weighted by Crippen LogP contribution is 2.22. The van der Waals surface area contributed by atoms with Crippen molar-refractivity contribution >= 4 is 28.6 Å². The van der Waals surface area contributed by atoms with Gasteiger partial charge in [-0.15, -0.1) is 0 Å². The van der Waals surface area contributed by atoms with Crippen molar-refractivity contribution in [2.45, 2.75) is 25.8 Å². The highest BCUT2D eigenvalue weighted by atomic mass is 16.2. The van der Waals surface area contributed by atoms with Crippen molar-refractivity contribution in [3.8, 4) is 0 Å². The van der Waals surface area contributed by atoms with E-state index in [1.54, 1.807) is 24.3 Å². The molecule has 1 aliphatic heterocycles. The normalized spacial score (nSPS) is 13.2. The van der Waals surface area contributed by atoms with Crippen molar-refractivity contribution in [2.75, 3.05) is 13.1 Å². The van der Waals surface area contributed by atoms with Crippen LogP contribution in [0, 0.1) is 0 Å². The van der Waals surface area contributed by atoms with Gasteiger partial charge in [-0.1, -0.05) is 30.3 Å². The number of imide groups is 1. The molecule has 0 atom stereocenters. The maximum absolute atomic E-state index is 12.3. The van der Waals surface area contributed by atoms with Crippen LogP contribution >= 0.6 is 0 Å². The molecule has 1 aliphatic rings. The van der Waals surface area contributed by atoms with Gasteiger partial charge in [-0.2, -0.15) is 0 Å². The van der Waals surface area contributed by atoms with Gasteiger partial charge in [0, 0.05) is 37.8 Å². The zero-order chi connectivity index (χ0) is 20.2. The fourth-order valence-electron chi connectivity index (χ4n) is 3.74. The Balaban J connectivity index is 1.17. The van der Waals surface area contributed by atoms with Crippen LogP contribution < -0.4 is 5.32 Å². The van der Waals surface area contributed by atoms with Crippen molar-refractivity contribution in [2.24, 2.45) is 0 Å². The van der Waals surface area contributed by atoms with Crippen LogP contribution in [0.15, 0.2) is 60.8 Å². The maximum Gasteiger partial charge on any atom is 0.261 e. The Morgan fingerprint density at radius 1 is 0.828 bits per heavy atom. The Hall–Kier alpha value is -3.41. The third-order valence-corrected chi connectivity index (χ3v) is 5.24. The number of hydrogen-bond acceptors (Lipinski definition) is 3. The molecule has 3 aromatic rings. The Kier molecular flexibility index (Phi) is 5.42. The summed E-state index contributed by atoms with van der Waals surface area (Å²) in [6.07, 6.45) is 3.65. The topological polar surface area (TPSA) is 71.4 Å². The van der Waals surface area contributed by atoms with E-state index in [-0.39, 0.29) is 24.3 Å². The van der Waals surface area contributed by atoms with E-state index in [1.807, 2.05) is 12.1 Å². The highest BCUT2D eigenvalue weighted by molar-refractivity contribution is 6.21. The van der Waals surface area contributed by atoms with Gasteiger partial charge in [-0.25, -0.2) is 0 Å². The van der Waals surface area contributed by atoms with Crippen LogP contribution in [-0.4, -0.2) is 40.3 Å². The molecule has 0 radical (unpaired) electrons. The molecule has 0 aliphatic carbocycles. The minimum Gasteiger partial charge on any atom is -0.356 e. The summed E-state index contributed by atoms with van der Waals surface area (Å²) in [4.78, 5) is 37.9. The summed E-state index contributed by atoms with van der Waals surface area (Å²) in [7, 11) is 0. The lowest BCUT2D eigenvalue weighted by atomic mass is 10.1. The quantitative estimate of drug-likeness (QED) is 0.475. The van der Waals surface area contributed by atoms with Crippen molar-refractivity contribution < 1.29 is 14.4 Å². The molecule has 1 N–H and O–H groups in total. The lowest BCUT2D eigenvalue weighted by Gasteiger charge is -2.13. The van der Waals surface area contributed by atoms with Crippen LogP contribution in [0.5, 0.6) is 0 Å². The summed E-state index contributed by atoms with van der Waals surface area (Å²) in [5, 5.41) is 4.13. The average Bonchev–Trinajstić information content (AvgIpc) is 3.26. The first kappa shape index (κ1) is 18.9. The van der Waals surface area contributed by atoms with E-state index in [0.29, 0.717) is 30.5 Å². The van der Waals surface area contributed by atoms with Crippen LogP contribution in [0.1, 0.15) is 40.0 Å². The highest BCUT2D eigenvalue weighted by Gasteiger charge is 2.34. The Bertz CT molecular complexity index is 1030. The van der Waals surface area contributed by atoms with Gasteiger partial charge in [-0.05, 0) is 42.5 Å². The maximum atomic E-state index is 12.3. The first-order chi connectivity index (χ1) is 14.1. The fourth-order valence-corrected chi connectivity index (χ4v) is 3.74. The van der Waals surface area contributed by atoms with Crippen molar-refractivity contribution in [3.63, 3.8) is 0 Å². The molecule has 0 fully saturated rings. The molecule has 4 rings (SSSR count). The number of aromatic nitrogens is 1. The van der Waals surface area contributed by atoms with Gasteiger partial charge in [0.25, 0.3) is 11.8 Å². The number of amides is 3. The van der Waals surface area contributed by atoms with Gasteiger partial charge in [0.15, 0.2) is 0 Å². The Labute approximate surface area is 169 Å². The molecule has 0 bridgehead atoms. The minimum absolute atomic E-state index is 0.0565. The van der Waals surface area contributed by atoms with Crippen LogP contribution in [0.2, 0.25) is 0 Å². The molecule has 3 amide bonds. The standard InChI is InChI=1S/C23H23N3O3/c27-21(24-13-6-14-25-16-12-17-7-1-4-10-20(17)25)11-5-15-26-22(28)18-8-2-3-9-19(18)23(26)29/h1-4,7-10,12,16H,5-6,11,13-15H2,(H,24,27). The molecular formula is C23H23N3O3. The third-order valence-electron chi connectivity index (χ3n) is 5.24. The van der Waals surface area contributed by atoms with Gasteiger partial charge in [-0.3, -0.25) is 19.3 Å². The summed E-state index contributed by atoms with van der Waals surface area (Å²) >= 11 is 0. The fraction of sp³-hybridized carbons (Fsp3) is 0.261. The number of nitrogens with one attached hydrogen (secondary N) is 1. The largest absolute Gasteiger partial charge is 0.356 e. The SMILES string of the molecule is O=C(CCCN1C(=O)c2ccccc2C1=O)NCCCn1ccc2ccccc21. The third kappa shape index (κ3) is 3.92. The summed E-state index contributed by atoms with van der Waals surface area (Å²) in [5.41, 5.74) is 2.08. The summed E-state index contributed by atoms with van der Waals surface area (Å²) in [6, 6.07) is 17.1. The molecule has 148 valence electrons. The predicted octanol–water partition coefficient (Wildman–Crippen LogP) is 3.22. The summed E-state index contributed by atoms with van der Waals surface area (Å²) in [5.74, 6) is -0.603. The second-order valence-corrected chi connectivity index (χ2v) is 7.18. The molecular weight excluding hydrogens is 366 g/mol. The van der Waals surface area contributed by atoms with E-state index in [9.17, 15) is 14.4 Å². The summed E-state index contributed by atoms with van der Waals surface area (Å²) < 4.78 is 2.18. The molecule has 29 heavy (non-hydrogen) atoms. The van der Waals surface area contributed by atoms with E-state index in [4.69, 9.17) is 0 Å². The number of fused-ring (bicyclic) bond motifs is 2. The van der Waals surface area contributed by atoms with Crippen LogP contribution in [0.4, 0.5) is 0 Å². The monoisotopic (exact) mass is 389 g/mol. The molecule has 2 aromatic carbocycles. The lowest BCUT2D eigenvalue weighted by molar-refractivity contribution is -0.121. The van der Waals surface area contributed by atoms with Crippen molar-refractivity contribution in [1.82, 2.24) is 14.8 Å². The lowest BCUT2D eigenvalue weighted by Crippen LogP contribution is -2.32. The molecule has 0 spiro atoms. The number of benzene rings is 2. The smallest absolute Gasteiger partial charge is 0.261 e. The van der Waals surface area contributed by atoms with Gasteiger partial charge >= 0.3 is 0 Å². The first-order valence-electron chi connectivity index (χ1n) is 9.91. The van der Waals surface area contributed by atoms with Crippen LogP contribution in [-0.2, 0) is 11.3 Å². The summed E-state index contributed by atoms with van der Waals surface area (Å²) in [6.45, 7) is 1.69. The zero-order valence-electron chi connectivity index (χ0n) is 16.1. The Morgan fingerprint density at radius 2 is 1.52 bits per heavy atom. The number of rotatable bonds is 8. The first-order valence-corrected chi connectivity index (χ1v) is 9.91. The number of hydrogen-bond donors (Lipinski definition) is 1. The van der Waals surface area contributed by atoms with Crippen molar-refractivity contribution in [1.29, 1.82) is 0 Å². The molecule has 6 nitrogen and oxygen atoms in total.